The molecule has 3 heterocycles. The van der Waals surface area contributed by atoms with Crippen LogP contribution in [0, 0.1) is 6.92 Å². The van der Waals surface area contributed by atoms with Gasteiger partial charge in [0.1, 0.15) is 0 Å². The second-order valence-corrected chi connectivity index (χ2v) is 11.2. The summed E-state index contributed by atoms with van der Waals surface area (Å²) in [4.78, 5) is 33.9. The first-order chi connectivity index (χ1) is 20.8. The number of aromatic amines is 1. The van der Waals surface area contributed by atoms with Crippen LogP contribution in [0.1, 0.15) is 46.6 Å². The Labute approximate surface area is 252 Å². The Kier molecular flexibility index (Phi) is 9.66. The van der Waals surface area contributed by atoms with Crippen molar-refractivity contribution in [1.82, 2.24) is 29.9 Å². The summed E-state index contributed by atoms with van der Waals surface area (Å²) in [7, 11) is 0. The number of amides is 1. The van der Waals surface area contributed by atoms with Crippen molar-refractivity contribution in [3.05, 3.63) is 107 Å². The van der Waals surface area contributed by atoms with E-state index in [-0.39, 0.29) is 18.3 Å². The van der Waals surface area contributed by atoms with Crippen LogP contribution in [0.3, 0.4) is 0 Å². The number of rotatable bonds is 11. The number of carbonyl (C=O) groups excluding carboxylic acids is 2. The molecule has 2 aromatic heterocycles. The molecule has 0 saturated carbocycles. The number of Topliss-reactive ketones (excluding diaryl/α,β-unsaturated/α-hetero) is 1. The van der Waals surface area contributed by atoms with Gasteiger partial charge in [-0.1, -0.05) is 42.0 Å². The fourth-order valence-corrected chi connectivity index (χ4v) is 5.36. The molecule has 4 aromatic rings. The van der Waals surface area contributed by atoms with Gasteiger partial charge in [0.25, 0.3) is 5.91 Å². The number of benzene rings is 2. The molecule has 1 saturated heterocycles. The normalized spacial score (nSPS) is 15.3. The van der Waals surface area contributed by atoms with Gasteiger partial charge in [-0.2, -0.15) is 5.10 Å². The van der Waals surface area contributed by atoms with Gasteiger partial charge < -0.3 is 15.4 Å². The Morgan fingerprint density at radius 1 is 1.00 bits per heavy atom. The standard InChI is InChI=1S/C34H40N6O3/c1-4-30(36-34(43)29-20-35-40(23-29)22-26-7-5-24(2)6-8-26)19-31(25(3)42)33-18-28-17-27(9-10-32(28)37-33)21-39-13-11-38(12-14-39)15-16-41/h4-10,17-20,23,37,41H,11-16,21-22H2,1-3H3,(H,36,43)/b30-4+,31-19+. The van der Waals surface area contributed by atoms with Gasteiger partial charge in [0.2, 0.25) is 0 Å². The van der Waals surface area contributed by atoms with Crippen molar-refractivity contribution in [2.45, 2.75) is 33.9 Å². The van der Waals surface area contributed by atoms with Gasteiger partial charge >= 0.3 is 0 Å². The lowest BCUT2D eigenvalue weighted by atomic mass is 10.1. The van der Waals surface area contributed by atoms with Crippen molar-refractivity contribution >= 4 is 28.2 Å². The smallest absolute Gasteiger partial charge is 0.258 e. The lowest BCUT2D eigenvalue weighted by molar-refractivity contribution is -0.111. The van der Waals surface area contributed by atoms with E-state index >= 15 is 0 Å². The molecule has 0 radical (unpaired) electrons. The van der Waals surface area contributed by atoms with Gasteiger partial charge in [-0.3, -0.25) is 24.1 Å². The highest BCUT2D eigenvalue weighted by molar-refractivity contribution is 6.20. The van der Waals surface area contributed by atoms with Crippen molar-refractivity contribution in [2.75, 3.05) is 39.3 Å². The molecular weight excluding hydrogens is 540 g/mol. The Morgan fingerprint density at radius 2 is 1.72 bits per heavy atom. The maximum atomic E-state index is 13.1. The number of aromatic nitrogens is 3. The van der Waals surface area contributed by atoms with Crippen LogP contribution in [-0.4, -0.2) is 80.7 Å². The zero-order valence-electron chi connectivity index (χ0n) is 25.1. The highest BCUT2D eigenvalue weighted by Gasteiger charge is 2.18. The Bertz CT molecular complexity index is 1640. The minimum atomic E-state index is -0.291. The summed E-state index contributed by atoms with van der Waals surface area (Å²) in [6.45, 7) is 11.6. The first kappa shape index (κ1) is 30.2. The molecular formula is C34H40N6O3. The summed E-state index contributed by atoms with van der Waals surface area (Å²) >= 11 is 0. The first-order valence-corrected chi connectivity index (χ1v) is 14.8. The van der Waals surface area contributed by atoms with E-state index in [0.717, 1.165) is 55.7 Å². The number of aliphatic hydroxyl groups excluding tert-OH is 1. The molecule has 0 bridgehead atoms. The Hall–Kier alpha value is -4.31. The fraction of sp³-hybridized carbons (Fsp3) is 0.324. The minimum Gasteiger partial charge on any atom is -0.395 e. The second-order valence-electron chi connectivity index (χ2n) is 11.2. The first-order valence-electron chi connectivity index (χ1n) is 14.8. The van der Waals surface area contributed by atoms with Crippen molar-refractivity contribution < 1.29 is 14.7 Å². The molecule has 1 amide bonds. The van der Waals surface area contributed by atoms with Crippen LogP contribution in [0.4, 0.5) is 0 Å². The number of ketones is 1. The molecule has 0 aliphatic carbocycles. The monoisotopic (exact) mass is 580 g/mol. The number of allylic oxidation sites excluding steroid dienone is 3. The third-order valence-corrected chi connectivity index (χ3v) is 7.87. The number of β-amino-alcohol motifs (C(OH)–C–C–N with tert-alkyl or cyclic N) is 1. The highest BCUT2D eigenvalue weighted by atomic mass is 16.3. The molecule has 9 nitrogen and oxygen atoms in total. The number of piperazine rings is 1. The number of aryl methyl sites for hydroxylation is 1. The third-order valence-electron chi connectivity index (χ3n) is 7.87. The second kappa shape index (κ2) is 13.8. The van der Waals surface area contributed by atoms with E-state index in [1.807, 2.05) is 19.9 Å². The van der Waals surface area contributed by atoms with Crippen LogP contribution >= 0.6 is 0 Å². The van der Waals surface area contributed by atoms with Gasteiger partial charge in [0, 0.05) is 67.6 Å². The molecule has 0 atom stereocenters. The molecule has 224 valence electrons. The van der Waals surface area contributed by atoms with Crippen molar-refractivity contribution in [2.24, 2.45) is 0 Å². The van der Waals surface area contributed by atoms with Gasteiger partial charge in [-0.05, 0) is 56.2 Å². The van der Waals surface area contributed by atoms with Crippen molar-refractivity contribution in [1.29, 1.82) is 0 Å². The lowest BCUT2D eigenvalue weighted by Gasteiger charge is -2.34. The highest BCUT2D eigenvalue weighted by Crippen LogP contribution is 2.24. The lowest BCUT2D eigenvalue weighted by Crippen LogP contribution is -2.46. The van der Waals surface area contributed by atoms with Crippen LogP contribution in [0.5, 0.6) is 0 Å². The maximum Gasteiger partial charge on any atom is 0.258 e. The average Bonchev–Trinajstić information content (AvgIpc) is 3.64. The Morgan fingerprint density at radius 3 is 2.42 bits per heavy atom. The van der Waals surface area contributed by atoms with E-state index in [4.69, 9.17) is 0 Å². The van der Waals surface area contributed by atoms with Gasteiger partial charge in [0.15, 0.2) is 5.78 Å². The summed E-state index contributed by atoms with van der Waals surface area (Å²) in [5, 5.41) is 17.5. The molecule has 1 fully saturated rings. The summed E-state index contributed by atoms with van der Waals surface area (Å²) in [5.41, 5.74) is 6.62. The van der Waals surface area contributed by atoms with E-state index in [2.05, 4.69) is 67.7 Å². The van der Waals surface area contributed by atoms with Gasteiger partial charge in [-0.25, -0.2) is 0 Å². The zero-order chi connectivity index (χ0) is 30.3. The average molecular weight is 581 g/mol. The number of nitrogens with one attached hydrogen (secondary N) is 2. The van der Waals surface area contributed by atoms with Gasteiger partial charge in [-0.15, -0.1) is 0 Å². The summed E-state index contributed by atoms with van der Waals surface area (Å²) in [5.74, 6) is -0.395. The SMILES string of the molecule is C/C=C(\C=C(/C(C)=O)c1cc2cc(CN3CCN(CCO)CC3)ccc2[nH]1)NC(=O)c1cnn(Cc2ccc(C)cc2)c1. The van der Waals surface area contributed by atoms with Crippen LogP contribution < -0.4 is 5.32 Å². The number of aliphatic hydroxyl groups is 1. The quantitative estimate of drug-likeness (QED) is 0.182. The molecule has 1 aliphatic rings. The molecule has 0 unspecified atom stereocenters. The van der Waals surface area contributed by atoms with Crippen LogP contribution in [0.2, 0.25) is 0 Å². The number of nitrogens with zero attached hydrogens (tertiary/aromatic N) is 4. The van der Waals surface area contributed by atoms with Gasteiger partial charge in [0.05, 0.1) is 30.6 Å². The molecule has 2 aromatic carbocycles. The van der Waals surface area contributed by atoms with E-state index in [1.165, 1.54) is 18.1 Å². The zero-order valence-corrected chi connectivity index (χ0v) is 25.1. The number of hydrogen-bond donors (Lipinski definition) is 3. The van der Waals surface area contributed by atoms with Crippen molar-refractivity contribution in [3.63, 3.8) is 0 Å². The van der Waals surface area contributed by atoms with Crippen molar-refractivity contribution in [3.8, 4) is 0 Å². The van der Waals surface area contributed by atoms with E-state index in [0.29, 0.717) is 29.1 Å². The third kappa shape index (κ3) is 7.75. The van der Waals surface area contributed by atoms with E-state index < -0.39 is 0 Å². The fourth-order valence-electron chi connectivity index (χ4n) is 5.36. The molecule has 0 spiro atoms. The predicted octanol–water partition coefficient (Wildman–Crippen LogP) is 4.14. The van der Waals surface area contributed by atoms with Crippen LogP contribution in [0.15, 0.2) is 78.8 Å². The summed E-state index contributed by atoms with van der Waals surface area (Å²) in [6, 6.07) is 16.6. The molecule has 9 heteroatoms. The van der Waals surface area contributed by atoms with Crippen LogP contribution in [-0.2, 0) is 17.9 Å². The number of H-pyrrole nitrogens is 1. The number of hydrogen-bond acceptors (Lipinski definition) is 6. The minimum absolute atomic E-state index is 0.105. The maximum absolute atomic E-state index is 13.1. The number of carbonyl (C=O) groups is 2. The molecule has 43 heavy (non-hydrogen) atoms. The number of fused-ring (bicyclic) bond motifs is 1. The summed E-state index contributed by atoms with van der Waals surface area (Å²) < 4.78 is 1.74. The molecule has 1 aliphatic heterocycles. The predicted molar refractivity (Wildman–Crippen MR) is 169 cm³/mol. The van der Waals surface area contributed by atoms with Crippen LogP contribution in [0.25, 0.3) is 16.5 Å². The topological polar surface area (TPSA) is 106 Å². The summed E-state index contributed by atoms with van der Waals surface area (Å²) in [6.07, 6.45) is 6.77. The largest absolute Gasteiger partial charge is 0.395 e. The molecule has 5 rings (SSSR count). The Balaban J connectivity index is 1.26. The molecule has 3 N–H and O–H groups in total. The van der Waals surface area contributed by atoms with E-state index in [9.17, 15) is 14.7 Å². The van der Waals surface area contributed by atoms with E-state index in [1.54, 1.807) is 29.2 Å².